The van der Waals surface area contributed by atoms with E-state index in [0.29, 0.717) is 54.1 Å². The molecule has 0 radical (unpaired) electrons. The minimum atomic E-state index is -0.799. The lowest BCUT2D eigenvalue weighted by Gasteiger charge is -2.35. The fraction of sp³-hybridized carbons (Fsp3) is 0.500. The average Bonchev–Trinajstić information content (AvgIpc) is 3.35. The Morgan fingerprint density at radius 3 is 2.50 bits per heavy atom. The molecule has 4 unspecified atom stereocenters. The predicted molar refractivity (Wildman–Crippen MR) is 178 cm³/mol. The molecule has 0 amide bonds. The summed E-state index contributed by atoms with van der Waals surface area (Å²) in [5.74, 6) is -1.12. The molecule has 46 heavy (non-hydrogen) atoms. The number of allylic oxidation sites excluding steroid dienone is 3. The summed E-state index contributed by atoms with van der Waals surface area (Å²) in [5.41, 5.74) is 1.36. The predicted octanol–water partition coefficient (Wildman–Crippen LogP) is 6.39. The van der Waals surface area contributed by atoms with Gasteiger partial charge in [-0.15, -0.1) is 0 Å². The number of benzene rings is 2. The summed E-state index contributed by atoms with van der Waals surface area (Å²) >= 11 is 0. The van der Waals surface area contributed by atoms with Gasteiger partial charge in [-0.25, -0.2) is 8.78 Å². The molecule has 246 valence electrons. The van der Waals surface area contributed by atoms with Gasteiger partial charge in [-0.2, -0.15) is 9.97 Å². The Morgan fingerprint density at radius 1 is 1.04 bits per heavy atom. The SMILES string of the molecule is CC/C=C/C=C\c1cc(O)cc(-c2c(F)cc3c(N4CC5CCC(C4)N5)nc(OCCCN4CC(C)OC(C)C4)nc3c2F)c1C. The normalized spacial score (nSPS) is 23.7. The number of hydrogen-bond acceptors (Lipinski definition) is 8. The van der Waals surface area contributed by atoms with Crippen LogP contribution < -0.4 is 15.0 Å². The van der Waals surface area contributed by atoms with Crippen LogP contribution in [0.1, 0.15) is 57.6 Å². The van der Waals surface area contributed by atoms with E-state index >= 15 is 8.78 Å². The fourth-order valence-electron chi connectivity index (χ4n) is 7.13. The van der Waals surface area contributed by atoms with Crippen molar-refractivity contribution in [3.63, 3.8) is 0 Å². The van der Waals surface area contributed by atoms with Crippen molar-refractivity contribution < 1.29 is 23.4 Å². The number of piperazine rings is 1. The van der Waals surface area contributed by atoms with Crippen LogP contribution in [0.25, 0.3) is 28.1 Å². The molecule has 0 saturated carbocycles. The van der Waals surface area contributed by atoms with Crippen LogP contribution in [-0.2, 0) is 4.74 Å². The van der Waals surface area contributed by atoms with Crippen LogP contribution >= 0.6 is 0 Å². The van der Waals surface area contributed by atoms with Gasteiger partial charge in [0.25, 0.3) is 0 Å². The van der Waals surface area contributed by atoms with Crippen LogP contribution in [0.3, 0.4) is 0 Å². The van der Waals surface area contributed by atoms with E-state index in [2.05, 4.69) is 33.9 Å². The number of aromatic nitrogens is 2. The van der Waals surface area contributed by atoms with Crippen molar-refractivity contribution >= 4 is 22.8 Å². The minimum absolute atomic E-state index is 0.00354. The molecule has 2 aromatic carbocycles. The highest BCUT2D eigenvalue weighted by atomic mass is 19.1. The van der Waals surface area contributed by atoms with Gasteiger partial charge in [-0.05, 0) is 81.3 Å². The van der Waals surface area contributed by atoms with E-state index in [-0.39, 0.29) is 40.6 Å². The first-order valence-corrected chi connectivity index (χ1v) is 16.6. The highest BCUT2D eigenvalue weighted by Crippen LogP contribution is 2.40. The molecule has 3 aromatic rings. The van der Waals surface area contributed by atoms with Gasteiger partial charge in [-0.3, -0.25) is 4.90 Å². The zero-order chi connectivity index (χ0) is 32.4. The number of hydrogen-bond donors (Lipinski definition) is 2. The summed E-state index contributed by atoms with van der Waals surface area (Å²) in [6, 6.07) is 5.01. The molecule has 3 aliphatic heterocycles. The molecular formula is C36H45F2N5O3. The van der Waals surface area contributed by atoms with Gasteiger partial charge in [0, 0.05) is 50.2 Å². The first-order valence-electron chi connectivity index (χ1n) is 16.6. The van der Waals surface area contributed by atoms with Gasteiger partial charge in [0.2, 0.25) is 0 Å². The number of rotatable bonds is 10. The Kier molecular flexibility index (Phi) is 9.86. The van der Waals surface area contributed by atoms with Crippen LogP contribution in [0.2, 0.25) is 0 Å². The number of phenols is 1. The second-order valence-electron chi connectivity index (χ2n) is 12.9. The van der Waals surface area contributed by atoms with Gasteiger partial charge < -0.3 is 24.8 Å². The van der Waals surface area contributed by atoms with E-state index in [1.807, 2.05) is 31.2 Å². The summed E-state index contributed by atoms with van der Waals surface area (Å²) in [6.07, 6.45) is 11.7. The summed E-state index contributed by atoms with van der Waals surface area (Å²) in [7, 11) is 0. The zero-order valence-corrected chi connectivity index (χ0v) is 27.2. The van der Waals surface area contributed by atoms with Gasteiger partial charge in [-0.1, -0.05) is 31.2 Å². The standard InChI is InChI=1S/C36H45F2N5O3/c1-5-6-7-8-10-25-15-28(44)16-29(24(25)4)32-31(37)17-30-34(33(32)38)40-36(41-35(30)43-20-26-11-12-27(21-43)39-26)45-14-9-13-42-18-22(2)46-23(3)19-42/h6-8,10,15-17,22-23,26-27,39,44H,5,9,11-14,18-21H2,1-4H3/b7-6+,10-8-. The monoisotopic (exact) mass is 633 g/mol. The van der Waals surface area contributed by atoms with E-state index in [1.165, 1.54) is 12.1 Å². The van der Waals surface area contributed by atoms with Crippen molar-refractivity contribution in [2.45, 2.75) is 77.7 Å². The molecule has 1 aromatic heterocycles. The molecule has 0 spiro atoms. The quantitative estimate of drug-likeness (QED) is 0.197. The number of anilines is 1. The zero-order valence-electron chi connectivity index (χ0n) is 27.2. The molecule has 2 N–H and O–H groups in total. The van der Waals surface area contributed by atoms with Crippen LogP contribution in [0, 0.1) is 18.6 Å². The lowest BCUT2D eigenvalue weighted by atomic mass is 9.94. The highest BCUT2D eigenvalue weighted by molar-refractivity contribution is 5.94. The maximum atomic E-state index is 16.7. The van der Waals surface area contributed by atoms with Gasteiger partial charge in [0.15, 0.2) is 5.82 Å². The van der Waals surface area contributed by atoms with Crippen molar-refractivity contribution in [1.82, 2.24) is 20.2 Å². The van der Waals surface area contributed by atoms with Crippen molar-refractivity contribution in [3.05, 3.63) is 59.2 Å². The van der Waals surface area contributed by atoms with E-state index in [4.69, 9.17) is 14.5 Å². The van der Waals surface area contributed by atoms with E-state index in [1.54, 1.807) is 13.0 Å². The maximum Gasteiger partial charge on any atom is 0.319 e. The average molecular weight is 634 g/mol. The molecule has 4 atom stereocenters. The van der Waals surface area contributed by atoms with Crippen LogP contribution in [0.15, 0.2) is 36.4 Å². The molecule has 3 fully saturated rings. The summed E-state index contributed by atoms with van der Waals surface area (Å²) in [5, 5.41) is 14.5. The second-order valence-corrected chi connectivity index (χ2v) is 12.9. The summed E-state index contributed by atoms with van der Waals surface area (Å²) < 4.78 is 44.7. The number of fused-ring (bicyclic) bond motifs is 3. The van der Waals surface area contributed by atoms with Crippen LogP contribution in [0.4, 0.5) is 14.6 Å². The molecular weight excluding hydrogens is 588 g/mol. The van der Waals surface area contributed by atoms with Crippen molar-refractivity contribution in [3.8, 4) is 22.9 Å². The molecule has 8 nitrogen and oxygen atoms in total. The number of aromatic hydroxyl groups is 1. The van der Waals surface area contributed by atoms with E-state index in [0.717, 1.165) is 45.3 Å². The lowest BCUT2D eigenvalue weighted by molar-refractivity contribution is -0.0686. The second kappa shape index (κ2) is 14.0. The number of phenolic OH excluding ortho intramolecular Hbond substituents is 1. The molecule has 3 aliphatic rings. The molecule has 0 aliphatic carbocycles. The third-order valence-corrected chi connectivity index (χ3v) is 9.16. The number of nitrogens with zero attached hydrogens (tertiary/aromatic N) is 4. The third kappa shape index (κ3) is 7.04. The highest BCUT2D eigenvalue weighted by Gasteiger charge is 2.34. The number of halogens is 2. The Hall–Kier alpha value is -3.60. The Morgan fingerprint density at radius 2 is 1.78 bits per heavy atom. The smallest absolute Gasteiger partial charge is 0.319 e. The van der Waals surface area contributed by atoms with Gasteiger partial charge in [0.05, 0.1) is 24.4 Å². The van der Waals surface area contributed by atoms with E-state index < -0.39 is 11.6 Å². The Labute approximate surface area is 270 Å². The van der Waals surface area contributed by atoms with Crippen LogP contribution in [0.5, 0.6) is 11.8 Å². The number of morpholine rings is 1. The van der Waals surface area contributed by atoms with E-state index in [9.17, 15) is 5.11 Å². The van der Waals surface area contributed by atoms with Crippen molar-refractivity contribution in [1.29, 1.82) is 0 Å². The largest absolute Gasteiger partial charge is 0.508 e. The van der Waals surface area contributed by atoms with Crippen molar-refractivity contribution in [2.75, 3.05) is 44.2 Å². The summed E-state index contributed by atoms with van der Waals surface area (Å²) in [6.45, 7) is 12.3. The Bertz CT molecular complexity index is 1610. The molecule has 2 bridgehead atoms. The number of nitrogens with one attached hydrogen (secondary N) is 1. The number of ether oxygens (including phenoxy) is 2. The third-order valence-electron chi connectivity index (χ3n) is 9.16. The van der Waals surface area contributed by atoms with Gasteiger partial charge in [0.1, 0.15) is 22.9 Å². The fourth-order valence-corrected chi connectivity index (χ4v) is 7.13. The van der Waals surface area contributed by atoms with Gasteiger partial charge >= 0.3 is 6.01 Å². The molecule has 10 heteroatoms. The Balaban J connectivity index is 1.36. The molecule has 4 heterocycles. The molecule has 6 rings (SSSR count). The van der Waals surface area contributed by atoms with Crippen molar-refractivity contribution in [2.24, 2.45) is 0 Å². The minimum Gasteiger partial charge on any atom is -0.508 e. The maximum absolute atomic E-state index is 16.7. The molecule has 3 saturated heterocycles. The van der Waals surface area contributed by atoms with Crippen LogP contribution in [-0.4, -0.2) is 83.6 Å². The lowest BCUT2D eigenvalue weighted by Crippen LogP contribution is -2.51. The first kappa shape index (κ1) is 32.3. The topological polar surface area (TPSA) is 83.0 Å². The summed E-state index contributed by atoms with van der Waals surface area (Å²) in [4.78, 5) is 13.7. The first-order chi connectivity index (χ1) is 22.2.